The zero-order chi connectivity index (χ0) is 17.4. The third kappa shape index (κ3) is 2.56. The number of benzene rings is 3. The molecular formula is C21H18N2O2. The second-order valence-electron chi connectivity index (χ2n) is 6.49. The highest BCUT2D eigenvalue weighted by molar-refractivity contribution is 6.07. The molecule has 25 heavy (non-hydrogen) atoms. The summed E-state index contributed by atoms with van der Waals surface area (Å²) in [4.78, 5) is 26.7. The molecule has 1 saturated heterocycles. The number of hydrogen-bond acceptors (Lipinski definition) is 2. The molecule has 1 fully saturated rings. The maximum atomic E-state index is 12.9. The summed E-state index contributed by atoms with van der Waals surface area (Å²) < 4.78 is 0. The third-order valence-corrected chi connectivity index (χ3v) is 4.78. The first kappa shape index (κ1) is 15.4. The number of amides is 3. The lowest BCUT2D eigenvalue weighted by Gasteiger charge is -2.22. The van der Waals surface area contributed by atoms with E-state index in [4.69, 9.17) is 0 Å². The van der Waals surface area contributed by atoms with Crippen molar-refractivity contribution < 1.29 is 9.59 Å². The van der Waals surface area contributed by atoms with E-state index < -0.39 is 5.54 Å². The molecule has 4 nitrogen and oxygen atoms in total. The van der Waals surface area contributed by atoms with Gasteiger partial charge in [-0.1, -0.05) is 66.7 Å². The molecule has 1 aliphatic rings. The Morgan fingerprint density at radius 1 is 0.880 bits per heavy atom. The summed E-state index contributed by atoms with van der Waals surface area (Å²) in [5.74, 6) is -0.225. The van der Waals surface area contributed by atoms with Gasteiger partial charge in [-0.15, -0.1) is 0 Å². The van der Waals surface area contributed by atoms with Crippen LogP contribution in [0.15, 0.2) is 72.8 Å². The molecule has 1 unspecified atom stereocenters. The van der Waals surface area contributed by atoms with Crippen LogP contribution in [0.25, 0.3) is 10.8 Å². The van der Waals surface area contributed by atoms with E-state index in [2.05, 4.69) is 5.32 Å². The molecule has 0 radical (unpaired) electrons. The fourth-order valence-corrected chi connectivity index (χ4v) is 3.33. The van der Waals surface area contributed by atoms with Crippen LogP contribution in [0.4, 0.5) is 4.79 Å². The maximum absolute atomic E-state index is 12.9. The number of nitrogens with zero attached hydrogens (tertiary/aromatic N) is 1. The molecular weight excluding hydrogens is 312 g/mol. The molecule has 124 valence electrons. The minimum Gasteiger partial charge on any atom is -0.319 e. The number of nitrogens with one attached hydrogen (secondary N) is 1. The molecule has 3 aromatic rings. The number of carbonyl (C=O) groups is 2. The Balaban J connectivity index is 1.64. The standard InChI is InChI=1S/C21H18N2O2/c1-21(18-9-3-2-4-10-18)19(24)23(20(25)22-21)14-15-11-12-16-7-5-6-8-17(16)13-15/h2-13H,14H2,1H3,(H,22,25). The highest BCUT2D eigenvalue weighted by Crippen LogP contribution is 2.30. The Bertz CT molecular complexity index is 968. The van der Waals surface area contributed by atoms with Crippen molar-refractivity contribution in [2.45, 2.75) is 19.0 Å². The van der Waals surface area contributed by atoms with Crippen LogP contribution < -0.4 is 5.32 Å². The number of fused-ring (bicyclic) bond motifs is 1. The van der Waals surface area contributed by atoms with Crippen molar-refractivity contribution in [2.75, 3.05) is 0 Å². The summed E-state index contributed by atoms with van der Waals surface area (Å²) in [6.45, 7) is 2.01. The van der Waals surface area contributed by atoms with Crippen molar-refractivity contribution in [2.24, 2.45) is 0 Å². The van der Waals surface area contributed by atoms with Gasteiger partial charge in [0.1, 0.15) is 5.54 Å². The Morgan fingerprint density at radius 2 is 1.56 bits per heavy atom. The molecule has 0 bridgehead atoms. The third-order valence-electron chi connectivity index (χ3n) is 4.78. The summed E-state index contributed by atoms with van der Waals surface area (Å²) >= 11 is 0. The Kier molecular flexibility index (Phi) is 3.53. The Labute approximate surface area is 146 Å². The van der Waals surface area contributed by atoms with Gasteiger partial charge in [0.2, 0.25) is 0 Å². The summed E-state index contributed by atoms with van der Waals surface area (Å²) in [5.41, 5.74) is 0.698. The molecule has 1 N–H and O–H groups in total. The lowest BCUT2D eigenvalue weighted by atomic mass is 9.92. The fraction of sp³-hybridized carbons (Fsp3) is 0.143. The molecule has 1 aliphatic heterocycles. The van der Waals surface area contributed by atoms with Crippen molar-refractivity contribution in [1.82, 2.24) is 10.2 Å². The summed E-state index contributed by atoms with van der Waals surface area (Å²) in [5, 5.41) is 5.07. The number of urea groups is 1. The van der Waals surface area contributed by atoms with Gasteiger partial charge in [-0.3, -0.25) is 9.69 Å². The average Bonchev–Trinajstić information content (AvgIpc) is 2.86. The van der Waals surface area contributed by atoms with E-state index >= 15 is 0 Å². The van der Waals surface area contributed by atoms with Crippen molar-refractivity contribution in [1.29, 1.82) is 0 Å². The molecule has 1 heterocycles. The first-order valence-corrected chi connectivity index (χ1v) is 8.25. The second-order valence-corrected chi connectivity index (χ2v) is 6.49. The van der Waals surface area contributed by atoms with E-state index in [-0.39, 0.29) is 18.5 Å². The number of rotatable bonds is 3. The Hall–Kier alpha value is -3.14. The van der Waals surface area contributed by atoms with Crippen molar-refractivity contribution in [3.8, 4) is 0 Å². The van der Waals surface area contributed by atoms with E-state index in [0.717, 1.165) is 21.9 Å². The molecule has 3 amide bonds. The highest BCUT2D eigenvalue weighted by atomic mass is 16.2. The molecule has 0 saturated carbocycles. The first-order valence-electron chi connectivity index (χ1n) is 8.25. The number of carbonyl (C=O) groups excluding carboxylic acids is 2. The van der Waals surface area contributed by atoms with Crippen molar-refractivity contribution in [3.05, 3.63) is 83.9 Å². The van der Waals surface area contributed by atoms with Gasteiger partial charge in [0.05, 0.1) is 6.54 Å². The maximum Gasteiger partial charge on any atom is 0.325 e. The van der Waals surface area contributed by atoms with E-state index in [1.807, 2.05) is 72.8 Å². The zero-order valence-corrected chi connectivity index (χ0v) is 13.9. The van der Waals surface area contributed by atoms with Gasteiger partial charge >= 0.3 is 6.03 Å². The summed E-state index contributed by atoms with van der Waals surface area (Å²) in [6.07, 6.45) is 0. The van der Waals surface area contributed by atoms with Gasteiger partial charge in [0, 0.05) is 0 Å². The molecule has 0 spiro atoms. The van der Waals surface area contributed by atoms with E-state index in [1.54, 1.807) is 6.92 Å². The van der Waals surface area contributed by atoms with Gasteiger partial charge in [0.15, 0.2) is 0 Å². The van der Waals surface area contributed by atoms with Crippen LogP contribution in [0.2, 0.25) is 0 Å². The van der Waals surface area contributed by atoms with Gasteiger partial charge in [-0.2, -0.15) is 0 Å². The van der Waals surface area contributed by atoms with Crippen LogP contribution in [0.5, 0.6) is 0 Å². The van der Waals surface area contributed by atoms with E-state index in [9.17, 15) is 9.59 Å². The van der Waals surface area contributed by atoms with Crippen LogP contribution in [0.3, 0.4) is 0 Å². The smallest absolute Gasteiger partial charge is 0.319 e. The number of imide groups is 1. The lowest BCUT2D eigenvalue weighted by Crippen LogP contribution is -2.40. The highest BCUT2D eigenvalue weighted by Gasteiger charge is 2.48. The summed E-state index contributed by atoms with van der Waals surface area (Å²) in [6, 6.07) is 23.0. The quantitative estimate of drug-likeness (QED) is 0.743. The van der Waals surface area contributed by atoms with E-state index in [1.165, 1.54) is 4.90 Å². The van der Waals surface area contributed by atoms with E-state index in [0.29, 0.717) is 0 Å². The average molecular weight is 330 g/mol. The van der Waals surface area contributed by atoms with Crippen LogP contribution in [-0.2, 0) is 16.9 Å². The second kappa shape index (κ2) is 5.74. The molecule has 0 aliphatic carbocycles. The van der Waals surface area contributed by atoms with Gasteiger partial charge in [0.25, 0.3) is 5.91 Å². The monoisotopic (exact) mass is 330 g/mol. The predicted molar refractivity (Wildman–Crippen MR) is 96.8 cm³/mol. The van der Waals surface area contributed by atoms with Crippen LogP contribution in [-0.4, -0.2) is 16.8 Å². The number of hydrogen-bond donors (Lipinski definition) is 1. The molecule has 1 atom stereocenters. The van der Waals surface area contributed by atoms with Crippen LogP contribution in [0.1, 0.15) is 18.1 Å². The predicted octanol–water partition coefficient (Wildman–Crippen LogP) is 3.81. The SMILES string of the molecule is CC1(c2ccccc2)NC(=O)N(Cc2ccc3ccccc3c2)C1=O. The largest absolute Gasteiger partial charge is 0.325 e. The van der Waals surface area contributed by atoms with Gasteiger partial charge in [-0.25, -0.2) is 4.79 Å². The van der Waals surface area contributed by atoms with Crippen molar-refractivity contribution in [3.63, 3.8) is 0 Å². The summed E-state index contributed by atoms with van der Waals surface area (Å²) in [7, 11) is 0. The topological polar surface area (TPSA) is 49.4 Å². The zero-order valence-electron chi connectivity index (χ0n) is 13.9. The first-order chi connectivity index (χ1) is 12.1. The van der Waals surface area contributed by atoms with Crippen LogP contribution >= 0.6 is 0 Å². The minimum absolute atomic E-state index is 0.225. The van der Waals surface area contributed by atoms with Crippen molar-refractivity contribution >= 4 is 22.7 Å². The molecule has 4 rings (SSSR count). The molecule has 0 aromatic heterocycles. The molecule has 3 aromatic carbocycles. The fourth-order valence-electron chi connectivity index (χ4n) is 3.33. The molecule has 4 heteroatoms. The Morgan fingerprint density at radius 3 is 2.32 bits per heavy atom. The van der Waals surface area contributed by atoms with Gasteiger partial charge < -0.3 is 5.32 Å². The minimum atomic E-state index is -1.02. The normalized spacial score (nSPS) is 20.1. The van der Waals surface area contributed by atoms with Gasteiger partial charge in [-0.05, 0) is 34.9 Å². The lowest BCUT2D eigenvalue weighted by molar-refractivity contribution is -0.131. The van der Waals surface area contributed by atoms with Crippen LogP contribution in [0, 0.1) is 0 Å².